The molecule has 0 unspecified atom stereocenters. The van der Waals surface area contributed by atoms with Gasteiger partial charge in [-0.25, -0.2) is 0 Å². The highest BCUT2D eigenvalue weighted by molar-refractivity contribution is 14.1. The van der Waals surface area contributed by atoms with Crippen molar-refractivity contribution in [2.45, 2.75) is 6.54 Å². The number of benzene rings is 2. The average Bonchev–Trinajstić information content (AvgIpc) is 2.34. The van der Waals surface area contributed by atoms with Gasteiger partial charge in [0.1, 0.15) is 0 Å². The van der Waals surface area contributed by atoms with E-state index < -0.39 is 0 Å². The van der Waals surface area contributed by atoms with E-state index in [1.54, 1.807) is 12.1 Å². The Morgan fingerprint density at radius 1 is 1.06 bits per heavy atom. The molecule has 18 heavy (non-hydrogen) atoms. The zero-order valence-electron chi connectivity index (χ0n) is 9.32. The molecule has 0 aliphatic rings. The van der Waals surface area contributed by atoms with Crippen molar-refractivity contribution in [2.75, 3.05) is 5.32 Å². The Morgan fingerprint density at radius 3 is 2.56 bits per heavy atom. The van der Waals surface area contributed by atoms with Gasteiger partial charge in [-0.2, -0.15) is 0 Å². The molecule has 2 aromatic rings. The lowest BCUT2D eigenvalue weighted by Crippen LogP contribution is -2.00. The van der Waals surface area contributed by atoms with Crippen molar-refractivity contribution in [1.82, 2.24) is 0 Å². The second-order valence-corrected chi connectivity index (χ2v) is 5.88. The molecule has 0 spiro atoms. The van der Waals surface area contributed by atoms with Crippen molar-refractivity contribution in [2.24, 2.45) is 0 Å². The molecule has 0 aliphatic heterocycles. The van der Waals surface area contributed by atoms with Gasteiger partial charge in [-0.05, 0) is 58.5 Å². The van der Waals surface area contributed by atoms with E-state index in [4.69, 9.17) is 0 Å². The summed E-state index contributed by atoms with van der Waals surface area (Å²) in [5.41, 5.74) is 1.93. The number of hydrogen-bond acceptors (Lipinski definition) is 3. The standard InChI is InChI=1S/C13H11BrINO2/c14-9-2-3-10(15)11(6-9)16-7-8-1-4-12(17)13(18)5-8/h1-6,16-18H,7H2. The van der Waals surface area contributed by atoms with Gasteiger partial charge in [0.25, 0.3) is 0 Å². The van der Waals surface area contributed by atoms with Crippen LogP contribution in [0.25, 0.3) is 0 Å². The predicted octanol–water partition coefficient (Wildman–Crippen LogP) is 4.08. The van der Waals surface area contributed by atoms with Crippen LogP contribution in [0.5, 0.6) is 11.5 Å². The third-order valence-corrected chi connectivity index (χ3v) is 3.89. The average molecular weight is 420 g/mol. The van der Waals surface area contributed by atoms with Gasteiger partial charge in [-0.3, -0.25) is 0 Å². The van der Waals surface area contributed by atoms with Crippen LogP contribution in [-0.4, -0.2) is 10.2 Å². The first-order valence-corrected chi connectivity index (χ1v) is 7.13. The maximum atomic E-state index is 9.41. The van der Waals surface area contributed by atoms with Gasteiger partial charge < -0.3 is 15.5 Å². The molecule has 0 atom stereocenters. The Morgan fingerprint density at radius 2 is 1.83 bits per heavy atom. The number of phenols is 2. The van der Waals surface area contributed by atoms with Crippen LogP contribution in [-0.2, 0) is 6.54 Å². The van der Waals surface area contributed by atoms with E-state index in [0.717, 1.165) is 19.3 Å². The lowest BCUT2D eigenvalue weighted by Gasteiger charge is -2.10. The Bertz CT molecular complexity index is 575. The van der Waals surface area contributed by atoms with Crippen LogP contribution in [0.4, 0.5) is 5.69 Å². The minimum Gasteiger partial charge on any atom is -0.504 e. The van der Waals surface area contributed by atoms with Gasteiger partial charge in [-0.15, -0.1) is 0 Å². The number of aromatic hydroxyl groups is 2. The summed E-state index contributed by atoms with van der Waals surface area (Å²) in [5.74, 6) is -0.200. The van der Waals surface area contributed by atoms with Crippen LogP contribution >= 0.6 is 38.5 Å². The van der Waals surface area contributed by atoms with Gasteiger partial charge >= 0.3 is 0 Å². The van der Waals surface area contributed by atoms with Gasteiger partial charge in [0.15, 0.2) is 11.5 Å². The van der Waals surface area contributed by atoms with Crippen molar-refractivity contribution in [3.8, 4) is 11.5 Å². The first-order valence-electron chi connectivity index (χ1n) is 5.26. The summed E-state index contributed by atoms with van der Waals surface area (Å²) in [6.07, 6.45) is 0. The summed E-state index contributed by atoms with van der Waals surface area (Å²) < 4.78 is 2.14. The number of anilines is 1. The van der Waals surface area contributed by atoms with Gasteiger partial charge in [0.2, 0.25) is 0 Å². The second-order valence-electron chi connectivity index (χ2n) is 3.80. The Balaban J connectivity index is 2.11. The SMILES string of the molecule is Oc1ccc(CNc2cc(Br)ccc2I)cc1O. The van der Waals surface area contributed by atoms with E-state index in [-0.39, 0.29) is 11.5 Å². The van der Waals surface area contributed by atoms with Crippen molar-refractivity contribution in [1.29, 1.82) is 0 Å². The maximum absolute atomic E-state index is 9.41. The molecule has 3 nitrogen and oxygen atoms in total. The molecule has 0 radical (unpaired) electrons. The smallest absolute Gasteiger partial charge is 0.157 e. The molecule has 0 amide bonds. The number of halogens is 2. The minimum atomic E-state index is -0.101. The van der Waals surface area contributed by atoms with E-state index in [1.165, 1.54) is 6.07 Å². The molecule has 0 saturated carbocycles. The minimum absolute atomic E-state index is 0.0989. The summed E-state index contributed by atoms with van der Waals surface area (Å²) in [4.78, 5) is 0. The van der Waals surface area contributed by atoms with E-state index in [2.05, 4.69) is 43.8 Å². The molecule has 2 aromatic carbocycles. The van der Waals surface area contributed by atoms with Crippen LogP contribution in [0.1, 0.15) is 5.56 Å². The number of phenolic OH excluding ortho intramolecular Hbond substituents is 2. The highest BCUT2D eigenvalue weighted by Crippen LogP contribution is 2.26. The summed E-state index contributed by atoms with van der Waals surface area (Å²) in [6.45, 7) is 0.584. The van der Waals surface area contributed by atoms with Gasteiger partial charge in [0.05, 0.1) is 0 Å². The fourth-order valence-electron chi connectivity index (χ4n) is 1.51. The topological polar surface area (TPSA) is 52.5 Å². The van der Waals surface area contributed by atoms with Crippen LogP contribution in [0.15, 0.2) is 40.9 Å². The summed E-state index contributed by atoms with van der Waals surface area (Å²) in [6, 6.07) is 10.8. The molecule has 0 fully saturated rings. The lowest BCUT2D eigenvalue weighted by molar-refractivity contribution is 0.403. The Hall–Kier alpha value is -0.950. The highest BCUT2D eigenvalue weighted by Gasteiger charge is 2.03. The van der Waals surface area contributed by atoms with Gasteiger partial charge in [-0.1, -0.05) is 22.0 Å². The van der Waals surface area contributed by atoms with E-state index >= 15 is 0 Å². The van der Waals surface area contributed by atoms with Crippen LogP contribution in [0.3, 0.4) is 0 Å². The number of hydrogen-bond donors (Lipinski definition) is 3. The van der Waals surface area contributed by atoms with Crippen molar-refractivity contribution in [3.63, 3.8) is 0 Å². The Kier molecular flexibility index (Phi) is 4.34. The molecule has 0 saturated heterocycles. The maximum Gasteiger partial charge on any atom is 0.157 e. The van der Waals surface area contributed by atoms with Gasteiger partial charge in [0, 0.05) is 20.3 Å². The van der Waals surface area contributed by atoms with Crippen molar-refractivity contribution in [3.05, 3.63) is 50.0 Å². The molecule has 5 heteroatoms. The van der Waals surface area contributed by atoms with Crippen LogP contribution < -0.4 is 5.32 Å². The monoisotopic (exact) mass is 419 g/mol. The lowest BCUT2D eigenvalue weighted by atomic mass is 10.2. The fourth-order valence-corrected chi connectivity index (χ4v) is 2.40. The molecular weight excluding hydrogens is 409 g/mol. The normalized spacial score (nSPS) is 10.3. The van der Waals surface area contributed by atoms with Crippen LogP contribution in [0, 0.1) is 3.57 Å². The molecule has 94 valence electrons. The van der Waals surface area contributed by atoms with E-state index in [0.29, 0.717) is 6.54 Å². The quantitative estimate of drug-likeness (QED) is 0.519. The zero-order chi connectivity index (χ0) is 13.1. The fraction of sp³-hybridized carbons (Fsp3) is 0.0769. The number of nitrogens with one attached hydrogen (secondary N) is 1. The summed E-state index contributed by atoms with van der Waals surface area (Å²) in [5, 5.41) is 21.9. The molecule has 0 aromatic heterocycles. The van der Waals surface area contributed by atoms with E-state index in [1.807, 2.05) is 18.2 Å². The largest absolute Gasteiger partial charge is 0.504 e. The summed E-state index contributed by atoms with van der Waals surface area (Å²) >= 11 is 5.69. The zero-order valence-corrected chi connectivity index (χ0v) is 13.1. The third-order valence-electron chi connectivity index (χ3n) is 2.45. The predicted molar refractivity (Wildman–Crippen MR) is 84.0 cm³/mol. The molecule has 0 heterocycles. The van der Waals surface area contributed by atoms with Crippen LogP contribution in [0.2, 0.25) is 0 Å². The first kappa shape index (κ1) is 13.5. The number of rotatable bonds is 3. The first-order chi connectivity index (χ1) is 8.56. The second kappa shape index (κ2) is 5.79. The molecule has 0 aliphatic carbocycles. The molecule has 3 N–H and O–H groups in total. The molecule has 2 rings (SSSR count). The molecular formula is C13H11BrINO2. The summed E-state index contributed by atoms with van der Waals surface area (Å²) in [7, 11) is 0. The third kappa shape index (κ3) is 3.29. The van der Waals surface area contributed by atoms with Crippen molar-refractivity contribution < 1.29 is 10.2 Å². The molecule has 0 bridgehead atoms. The highest BCUT2D eigenvalue weighted by atomic mass is 127. The van der Waals surface area contributed by atoms with Crippen molar-refractivity contribution >= 4 is 44.2 Å². The Labute approximate surface area is 127 Å². The van der Waals surface area contributed by atoms with E-state index in [9.17, 15) is 10.2 Å².